The summed E-state index contributed by atoms with van der Waals surface area (Å²) in [5, 5.41) is 13.2. The fraction of sp³-hybridized carbons (Fsp3) is 0.0556. The first-order chi connectivity index (χ1) is 11.4. The van der Waals surface area contributed by atoms with E-state index in [0.717, 1.165) is 27.8 Å². The number of benzene rings is 1. The third-order valence-electron chi connectivity index (χ3n) is 4.37. The average molecular weight is 299 g/mol. The van der Waals surface area contributed by atoms with E-state index in [1.165, 1.54) is 11.1 Å². The van der Waals surface area contributed by atoms with Crippen LogP contribution < -0.4 is 5.32 Å². The Bertz CT molecular complexity index is 1010. The molecule has 1 aliphatic rings. The van der Waals surface area contributed by atoms with Crippen LogP contribution in [0.4, 0.5) is 5.69 Å². The van der Waals surface area contributed by atoms with E-state index in [9.17, 15) is 0 Å². The molecule has 0 saturated heterocycles. The quantitative estimate of drug-likeness (QED) is 0.564. The first-order valence-corrected chi connectivity index (χ1v) is 7.50. The topological polar surface area (TPSA) is 66.5 Å². The minimum absolute atomic E-state index is 0.0401. The highest BCUT2D eigenvalue weighted by Gasteiger charge is 2.25. The molecule has 0 aliphatic carbocycles. The van der Waals surface area contributed by atoms with Gasteiger partial charge in [-0.1, -0.05) is 18.2 Å². The third kappa shape index (κ3) is 1.76. The molecular formula is C18H13N5. The third-order valence-corrected chi connectivity index (χ3v) is 4.37. The van der Waals surface area contributed by atoms with Gasteiger partial charge in [-0.2, -0.15) is 5.10 Å². The highest BCUT2D eigenvalue weighted by Crippen LogP contribution is 2.42. The molecular weight excluding hydrogens is 286 g/mol. The molecule has 2 N–H and O–H groups in total. The largest absolute Gasteiger partial charge is 0.374 e. The van der Waals surface area contributed by atoms with Crippen LogP contribution in [0.1, 0.15) is 17.2 Å². The van der Waals surface area contributed by atoms with Crippen LogP contribution in [0, 0.1) is 0 Å². The normalized spacial score (nSPS) is 15.7. The van der Waals surface area contributed by atoms with Crippen molar-refractivity contribution in [2.75, 3.05) is 5.32 Å². The van der Waals surface area contributed by atoms with E-state index in [4.69, 9.17) is 0 Å². The van der Waals surface area contributed by atoms with E-state index >= 15 is 0 Å². The fourth-order valence-electron chi connectivity index (χ4n) is 3.33. The van der Waals surface area contributed by atoms with Gasteiger partial charge in [0.25, 0.3) is 0 Å². The summed E-state index contributed by atoms with van der Waals surface area (Å²) in [5.41, 5.74) is 6.50. The molecule has 1 atom stereocenters. The van der Waals surface area contributed by atoms with Crippen LogP contribution in [-0.4, -0.2) is 20.2 Å². The maximum Gasteiger partial charge on any atom is 0.160 e. The average Bonchev–Trinajstić information content (AvgIpc) is 2.98. The number of aromatic nitrogens is 4. The minimum Gasteiger partial charge on any atom is -0.374 e. The molecule has 1 unspecified atom stereocenters. The van der Waals surface area contributed by atoms with Gasteiger partial charge in [-0.05, 0) is 23.8 Å². The van der Waals surface area contributed by atoms with E-state index in [-0.39, 0.29) is 6.04 Å². The van der Waals surface area contributed by atoms with Crippen LogP contribution >= 0.6 is 0 Å². The van der Waals surface area contributed by atoms with E-state index < -0.39 is 0 Å². The van der Waals surface area contributed by atoms with Crippen LogP contribution in [0.2, 0.25) is 0 Å². The summed E-state index contributed by atoms with van der Waals surface area (Å²) >= 11 is 0. The Hall–Kier alpha value is -3.21. The lowest BCUT2D eigenvalue weighted by Gasteiger charge is -2.19. The highest BCUT2D eigenvalue weighted by molar-refractivity contribution is 6.00. The van der Waals surface area contributed by atoms with Crippen LogP contribution in [0.25, 0.3) is 22.2 Å². The van der Waals surface area contributed by atoms with Crippen molar-refractivity contribution in [3.8, 4) is 11.1 Å². The molecule has 0 amide bonds. The Balaban J connectivity index is 1.87. The number of aromatic amines is 1. The van der Waals surface area contributed by atoms with Gasteiger partial charge < -0.3 is 10.3 Å². The van der Waals surface area contributed by atoms with Crippen LogP contribution in [0.3, 0.4) is 0 Å². The number of H-pyrrole nitrogens is 1. The molecule has 5 nitrogen and oxygen atoms in total. The minimum atomic E-state index is 0.0401. The van der Waals surface area contributed by atoms with E-state index in [0.29, 0.717) is 0 Å². The molecule has 4 aromatic rings. The van der Waals surface area contributed by atoms with Crippen molar-refractivity contribution in [1.29, 1.82) is 0 Å². The fourth-order valence-corrected chi connectivity index (χ4v) is 3.33. The molecule has 1 aliphatic heterocycles. The maximum absolute atomic E-state index is 4.24. The van der Waals surface area contributed by atoms with Crippen LogP contribution in [-0.2, 0) is 0 Å². The summed E-state index contributed by atoms with van der Waals surface area (Å²) in [7, 11) is 0. The Morgan fingerprint density at radius 3 is 2.74 bits per heavy atom. The van der Waals surface area contributed by atoms with Gasteiger partial charge in [-0.3, -0.25) is 4.98 Å². The van der Waals surface area contributed by atoms with Crippen molar-refractivity contribution >= 4 is 16.7 Å². The van der Waals surface area contributed by atoms with Gasteiger partial charge in [0.1, 0.15) is 0 Å². The molecule has 0 bridgehead atoms. The Labute approximate surface area is 132 Å². The van der Waals surface area contributed by atoms with Gasteiger partial charge in [0.15, 0.2) is 5.65 Å². The second kappa shape index (κ2) is 4.64. The molecule has 0 saturated carbocycles. The maximum atomic E-state index is 4.24. The summed E-state index contributed by atoms with van der Waals surface area (Å²) < 4.78 is 0. The van der Waals surface area contributed by atoms with Crippen molar-refractivity contribution in [2.45, 2.75) is 6.04 Å². The zero-order valence-electron chi connectivity index (χ0n) is 12.2. The van der Waals surface area contributed by atoms with Crippen molar-refractivity contribution in [3.63, 3.8) is 0 Å². The van der Waals surface area contributed by atoms with Crippen molar-refractivity contribution in [1.82, 2.24) is 20.2 Å². The number of rotatable bonds is 1. The number of hydrogen-bond acceptors (Lipinski definition) is 4. The number of nitrogens with zero attached hydrogens (tertiary/aromatic N) is 3. The van der Waals surface area contributed by atoms with Crippen LogP contribution in [0.15, 0.2) is 61.2 Å². The SMILES string of the molecule is c1ccc2c(c1)NC(c1ccncc1)c1c[nH]c3nncc-2c13. The molecule has 0 spiro atoms. The monoisotopic (exact) mass is 299 g/mol. The zero-order valence-corrected chi connectivity index (χ0v) is 12.2. The molecule has 0 fully saturated rings. The number of hydrogen-bond donors (Lipinski definition) is 2. The predicted molar refractivity (Wildman–Crippen MR) is 89.0 cm³/mol. The Kier molecular flexibility index (Phi) is 2.49. The molecule has 4 heterocycles. The lowest BCUT2D eigenvalue weighted by molar-refractivity contribution is 0.947. The molecule has 5 heteroatoms. The second-order valence-electron chi connectivity index (χ2n) is 5.63. The van der Waals surface area contributed by atoms with Gasteiger partial charge >= 0.3 is 0 Å². The van der Waals surface area contributed by atoms with Crippen molar-refractivity contribution < 1.29 is 0 Å². The summed E-state index contributed by atoms with van der Waals surface area (Å²) in [6.07, 6.45) is 7.51. The smallest absolute Gasteiger partial charge is 0.160 e. The lowest BCUT2D eigenvalue weighted by atomic mass is 9.98. The molecule has 110 valence electrons. The van der Waals surface area contributed by atoms with Gasteiger partial charge in [-0.15, -0.1) is 5.10 Å². The first-order valence-electron chi connectivity index (χ1n) is 7.50. The number of pyridine rings is 1. The standard InChI is InChI=1S/C18H13N5/c1-2-4-15-12(3-1)13-10-21-23-18-16(13)14(9-20-18)17(22-15)11-5-7-19-8-6-11/h1-10,17,22H,(H,20,23). The summed E-state index contributed by atoms with van der Waals surface area (Å²) in [4.78, 5) is 7.38. The highest BCUT2D eigenvalue weighted by atomic mass is 15.1. The lowest BCUT2D eigenvalue weighted by Crippen LogP contribution is -2.11. The Morgan fingerprint density at radius 2 is 1.83 bits per heavy atom. The molecule has 23 heavy (non-hydrogen) atoms. The van der Waals surface area contributed by atoms with Gasteiger partial charge in [0.05, 0.1) is 12.2 Å². The number of para-hydroxylation sites is 1. The summed E-state index contributed by atoms with van der Waals surface area (Å²) in [6.45, 7) is 0. The van der Waals surface area contributed by atoms with Crippen LogP contribution in [0.5, 0.6) is 0 Å². The number of fused-ring (bicyclic) bond motifs is 2. The zero-order chi connectivity index (χ0) is 15.2. The van der Waals surface area contributed by atoms with Gasteiger partial charge in [-0.25, -0.2) is 0 Å². The molecule has 0 radical (unpaired) electrons. The first kappa shape index (κ1) is 12.3. The predicted octanol–water partition coefficient (Wildman–Crippen LogP) is 3.53. The molecule has 5 rings (SSSR count). The van der Waals surface area contributed by atoms with Crippen molar-refractivity contribution in [3.05, 3.63) is 72.3 Å². The van der Waals surface area contributed by atoms with Crippen molar-refractivity contribution in [2.24, 2.45) is 0 Å². The van der Waals surface area contributed by atoms with E-state index in [1.807, 2.05) is 49.1 Å². The molecule has 3 aromatic heterocycles. The van der Waals surface area contributed by atoms with Gasteiger partial charge in [0.2, 0.25) is 0 Å². The summed E-state index contributed by atoms with van der Waals surface area (Å²) in [6, 6.07) is 12.4. The van der Waals surface area contributed by atoms with E-state index in [2.05, 4.69) is 37.6 Å². The van der Waals surface area contributed by atoms with E-state index in [1.54, 1.807) is 0 Å². The van der Waals surface area contributed by atoms with Gasteiger partial charge in [0, 0.05) is 46.4 Å². The number of anilines is 1. The Morgan fingerprint density at radius 1 is 0.957 bits per heavy atom. The molecule has 1 aromatic carbocycles. The second-order valence-corrected chi connectivity index (χ2v) is 5.63. The number of nitrogens with one attached hydrogen (secondary N) is 2. The summed E-state index contributed by atoms with van der Waals surface area (Å²) in [5.74, 6) is 0.